The SMILES string of the molecule is Cc1cc(-c2ccc(NC(=O)c3ccoc3C)c(C)c2)ccc1NC(=O)c1ccoc1C. The number of benzene rings is 2. The second-order valence-electron chi connectivity index (χ2n) is 7.75. The van der Waals surface area contributed by atoms with Crippen molar-refractivity contribution in [3.05, 3.63) is 94.8 Å². The van der Waals surface area contributed by atoms with E-state index in [1.165, 1.54) is 12.5 Å². The highest BCUT2D eigenvalue weighted by Gasteiger charge is 2.15. The van der Waals surface area contributed by atoms with Crippen molar-refractivity contribution in [3.63, 3.8) is 0 Å². The minimum Gasteiger partial charge on any atom is -0.469 e. The number of nitrogens with one attached hydrogen (secondary N) is 2. The molecule has 0 spiro atoms. The molecule has 4 aromatic rings. The van der Waals surface area contributed by atoms with E-state index in [1.807, 2.05) is 50.2 Å². The topological polar surface area (TPSA) is 84.5 Å². The number of rotatable bonds is 5. The van der Waals surface area contributed by atoms with Gasteiger partial charge >= 0.3 is 0 Å². The molecule has 2 heterocycles. The molecule has 4 rings (SSSR count). The molecule has 162 valence electrons. The van der Waals surface area contributed by atoms with Gasteiger partial charge in [0.05, 0.1) is 23.7 Å². The van der Waals surface area contributed by atoms with Gasteiger partial charge in [-0.2, -0.15) is 0 Å². The van der Waals surface area contributed by atoms with E-state index < -0.39 is 0 Å². The van der Waals surface area contributed by atoms with Crippen LogP contribution < -0.4 is 10.6 Å². The smallest absolute Gasteiger partial charge is 0.259 e. The quantitative estimate of drug-likeness (QED) is 0.392. The van der Waals surface area contributed by atoms with E-state index in [9.17, 15) is 9.59 Å². The molecule has 2 amide bonds. The van der Waals surface area contributed by atoms with Crippen LogP contribution in [0.1, 0.15) is 43.4 Å². The molecule has 6 heteroatoms. The highest BCUT2D eigenvalue weighted by atomic mass is 16.3. The van der Waals surface area contributed by atoms with Gasteiger partial charge in [0.2, 0.25) is 0 Å². The summed E-state index contributed by atoms with van der Waals surface area (Å²) in [4.78, 5) is 24.9. The van der Waals surface area contributed by atoms with Crippen LogP contribution in [0.4, 0.5) is 11.4 Å². The van der Waals surface area contributed by atoms with E-state index in [1.54, 1.807) is 26.0 Å². The van der Waals surface area contributed by atoms with Crippen molar-refractivity contribution in [2.75, 3.05) is 10.6 Å². The first-order valence-electron chi connectivity index (χ1n) is 10.3. The number of carbonyl (C=O) groups excluding carboxylic acids is 2. The highest BCUT2D eigenvalue weighted by Crippen LogP contribution is 2.29. The number of hydrogen-bond donors (Lipinski definition) is 2. The van der Waals surface area contributed by atoms with E-state index in [4.69, 9.17) is 8.83 Å². The minimum atomic E-state index is -0.198. The first kappa shape index (κ1) is 21.2. The Bertz CT molecular complexity index is 1210. The molecule has 2 N–H and O–H groups in total. The van der Waals surface area contributed by atoms with Gasteiger partial charge in [-0.3, -0.25) is 9.59 Å². The van der Waals surface area contributed by atoms with E-state index in [0.717, 1.165) is 33.6 Å². The molecule has 2 aromatic heterocycles. The van der Waals surface area contributed by atoms with Crippen LogP contribution in [0.15, 0.2) is 69.9 Å². The van der Waals surface area contributed by atoms with Crippen molar-refractivity contribution < 1.29 is 18.4 Å². The van der Waals surface area contributed by atoms with Crippen molar-refractivity contribution in [2.45, 2.75) is 27.7 Å². The van der Waals surface area contributed by atoms with Crippen LogP contribution in [-0.2, 0) is 0 Å². The third-order valence-electron chi connectivity index (χ3n) is 5.49. The van der Waals surface area contributed by atoms with Gasteiger partial charge < -0.3 is 19.5 Å². The van der Waals surface area contributed by atoms with Crippen LogP contribution in [0.5, 0.6) is 0 Å². The average molecular weight is 428 g/mol. The van der Waals surface area contributed by atoms with Gasteiger partial charge in [0.25, 0.3) is 11.8 Å². The Hall–Kier alpha value is -4.06. The number of carbonyl (C=O) groups is 2. The molecule has 0 unspecified atom stereocenters. The van der Waals surface area contributed by atoms with Crippen molar-refractivity contribution in [3.8, 4) is 11.1 Å². The Morgan fingerprint density at radius 1 is 0.625 bits per heavy atom. The number of amides is 2. The van der Waals surface area contributed by atoms with Crippen LogP contribution in [-0.4, -0.2) is 11.8 Å². The van der Waals surface area contributed by atoms with Gasteiger partial charge in [-0.05, 0) is 86.3 Å². The first-order valence-corrected chi connectivity index (χ1v) is 10.3. The van der Waals surface area contributed by atoms with Crippen LogP contribution in [0.25, 0.3) is 11.1 Å². The normalized spacial score (nSPS) is 10.8. The molecule has 0 aliphatic carbocycles. The summed E-state index contributed by atoms with van der Waals surface area (Å²) in [5.41, 5.74) is 6.47. The zero-order chi connectivity index (χ0) is 22.8. The lowest BCUT2D eigenvalue weighted by Crippen LogP contribution is -2.13. The van der Waals surface area contributed by atoms with Crippen LogP contribution in [0.3, 0.4) is 0 Å². The molecule has 0 saturated heterocycles. The molecule has 0 fully saturated rings. The van der Waals surface area contributed by atoms with Gasteiger partial charge in [-0.25, -0.2) is 0 Å². The second kappa shape index (κ2) is 8.59. The number of hydrogen-bond acceptors (Lipinski definition) is 4. The third kappa shape index (κ3) is 4.21. The molecule has 0 bridgehead atoms. The lowest BCUT2D eigenvalue weighted by Gasteiger charge is -2.13. The Balaban J connectivity index is 1.51. The maximum absolute atomic E-state index is 12.5. The summed E-state index contributed by atoms with van der Waals surface area (Å²) < 4.78 is 10.4. The first-order chi connectivity index (χ1) is 15.3. The summed E-state index contributed by atoms with van der Waals surface area (Å²) >= 11 is 0. The second-order valence-corrected chi connectivity index (χ2v) is 7.75. The number of anilines is 2. The lowest BCUT2D eigenvalue weighted by molar-refractivity contribution is 0.101. The van der Waals surface area contributed by atoms with Gasteiger partial charge in [-0.1, -0.05) is 12.1 Å². The van der Waals surface area contributed by atoms with E-state index in [-0.39, 0.29) is 11.8 Å². The van der Waals surface area contributed by atoms with Gasteiger partial charge in [0.1, 0.15) is 11.5 Å². The fourth-order valence-electron chi connectivity index (χ4n) is 3.59. The summed E-state index contributed by atoms with van der Waals surface area (Å²) in [7, 11) is 0. The molecule has 0 radical (unpaired) electrons. The Labute approximate surface area is 186 Å². The fourth-order valence-corrected chi connectivity index (χ4v) is 3.59. The highest BCUT2D eigenvalue weighted by molar-refractivity contribution is 6.06. The average Bonchev–Trinajstić information content (AvgIpc) is 3.39. The third-order valence-corrected chi connectivity index (χ3v) is 5.49. The lowest BCUT2D eigenvalue weighted by atomic mass is 9.99. The Morgan fingerprint density at radius 2 is 1.03 bits per heavy atom. The van der Waals surface area contributed by atoms with Crippen LogP contribution >= 0.6 is 0 Å². The van der Waals surface area contributed by atoms with Gasteiger partial charge in [0.15, 0.2) is 0 Å². The molecular formula is C26H24N2O4. The molecule has 0 aliphatic heterocycles. The Kier molecular flexibility index (Phi) is 5.69. The monoisotopic (exact) mass is 428 g/mol. The largest absolute Gasteiger partial charge is 0.469 e. The molecule has 2 aromatic carbocycles. The summed E-state index contributed by atoms with van der Waals surface area (Å²) in [5, 5.41) is 5.88. The summed E-state index contributed by atoms with van der Waals surface area (Å²) in [6, 6.07) is 15.1. The van der Waals surface area contributed by atoms with E-state index in [2.05, 4.69) is 10.6 Å². The van der Waals surface area contributed by atoms with Crippen LogP contribution in [0, 0.1) is 27.7 Å². The fraction of sp³-hybridized carbons (Fsp3) is 0.154. The number of aryl methyl sites for hydroxylation is 4. The predicted octanol–water partition coefficient (Wildman–Crippen LogP) is 6.28. The van der Waals surface area contributed by atoms with Crippen molar-refractivity contribution in [2.24, 2.45) is 0 Å². The summed E-state index contributed by atoms with van der Waals surface area (Å²) in [6.45, 7) is 7.43. The van der Waals surface area contributed by atoms with Crippen molar-refractivity contribution in [1.29, 1.82) is 0 Å². The van der Waals surface area contributed by atoms with E-state index >= 15 is 0 Å². The minimum absolute atomic E-state index is 0.198. The molecule has 6 nitrogen and oxygen atoms in total. The zero-order valence-electron chi connectivity index (χ0n) is 18.4. The van der Waals surface area contributed by atoms with E-state index in [0.29, 0.717) is 22.6 Å². The molecule has 0 saturated carbocycles. The summed E-state index contributed by atoms with van der Waals surface area (Å²) in [5.74, 6) is 0.775. The molecule has 0 aliphatic rings. The van der Waals surface area contributed by atoms with Crippen LogP contribution in [0.2, 0.25) is 0 Å². The standard InChI is InChI=1S/C26H24N2O4/c1-15-13-19(5-7-23(15)27-25(29)21-9-11-31-17(21)3)20-6-8-24(16(2)14-20)28-26(30)22-10-12-32-18(22)4/h5-14H,1-4H3,(H,27,29)(H,28,30). The van der Waals surface area contributed by atoms with Crippen molar-refractivity contribution in [1.82, 2.24) is 0 Å². The van der Waals surface area contributed by atoms with Crippen molar-refractivity contribution >= 4 is 23.2 Å². The maximum Gasteiger partial charge on any atom is 0.259 e. The van der Waals surface area contributed by atoms with Gasteiger partial charge in [0, 0.05) is 11.4 Å². The Morgan fingerprint density at radius 3 is 1.34 bits per heavy atom. The maximum atomic E-state index is 12.5. The molecule has 0 atom stereocenters. The number of furan rings is 2. The van der Waals surface area contributed by atoms with Gasteiger partial charge in [-0.15, -0.1) is 0 Å². The zero-order valence-corrected chi connectivity index (χ0v) is 18.4. The predicted molar refractivity (Wildman–Crippen MR) is 124 cm³/mol. The summed E-state index contributed by atoms with van der Waals surface area (Å²) in [6.07, 6.45) is 3.01. The molecular weight excluding hydrogens is 404 g/mol. The molecule has 32 heavy (non-hydrogen) atoms.